The van der Waals surface area contributed by atoms with Crippen LogP contribution < -0.4 is 0 Å². The number of carbonyl (C=O) groups is 1. The number of rotatable bonds is 4. The second-order valence-electron chi connectivity index (χ2n) is 6.84. The number of likely N-dealkylation sites (tertiary alicyclic amines) is 1. The first kappa shape index (κ1) is 15.9. The van der Waals surface area contributed by atoms with Gasteiger partial charge in [-0.1, -0.05) is 12.1 Å². The average Bonchev–Trinajstić information content (AvgIpc) is 3.25. The summed E-state index contributed by atoms with van der Waals surface area (Å²) in [6.45, 7) is 0.856. The summed E-state index contributed by atoms with van der Waals surface area (Å²) in [7, 11) is 2.06. The minimum absolute atomic E-state index is 0.205. The Balaban J connectivity index is 1.46. The van der Waals surface area contributed by atoms with Crippen molar-refractivity contribution in [2.24, 2.45) is 7.05 Å². The number of piperidine rings is 1. The minimum atomic E-state index is 0.205. The van der Waals surface area contributed by atoms with E-state index in [9.17, 15) is 4.79 Å². The Kier molecular flexibility index (Phi) is 4.30. The number of nitrogens with zero attached hydrogens (tertiary/aromatic N) is 3. The van der Waals surface area contributed by atoms with Crippen molar-refractivity contribution >= 4 is 16.9 Å². The van der Waals surface area contributed by atoms with E-state index in [1.807, 2.05) is 24.3 Å². The highest BCUT2D eigenvalue weighted by molar-refractivity contribution is 5.78. The van der Waals surface area contributed by atoms with E-state index in [4.69, 9.17) is 0 Å². The summed E-state index contributed by atoms with van der Waals surface area (Å²) in [5, 5.41) is 0. The van der Waals surface area contributed by atoms with Gasteiger partial charge in [0.25, 0.3) is 0 Å². The van der Waals surface area contributed by atoms with Crippen molar-refractivity contribution < 1.29 is 4.79 Å². The van der Waals surface area contributed by atoms with Crippen LogP contribution in [0.3, 0.4) is 0 Å². The van der Waals surface area contributed by atoms with Gasteiger partial charge in [-0.15, -0.1) is 0 Å². The van der Waals surface area contributed by atoms with Gasteiger partial charge in [0.15, 0.2) is 0 Å². The number of H-pyrrole nitrogens is 1. The molecule has 3 heterocycles. The number of imidazole rings is 1. The molecule has 130 valence electrons. The van der Waals surface area contributed by atoms with Crippen LogP contribution >= 0.6 is 0 Å². The number of hydrogen-bond acceptors (Lipinski definition) is 2. The maximum absolute atomic E-state index is 12.9. The number of aromatic amines is 1. The largest absolute Gasteiger partial charge is 0.353 e. The standard InChI is InChI=1S/C20H24N4O/c1-23-13-6-10-17(23)18-9-4-5-14-24(18)20(25)12-11-19-21-15-7-2-3-8-16(15)22-19/h2-3,6-8,10,13,18H,4-5,9,11-12,14H2,1H3,(H,21,22). The molecule has 1 amide bonds. The maximum Gasteiger partial charge on any atom is 0.223 e. The molecule has 4 rings (SSSR count). The summed E-state index contributed by atoms with van der Waals surface area (Å²) in [6.07, 6.45) is 6.54. The van der Waals surface area contributed by atoms with Crippen LogP contribution in [0.1, 0.15) is 43.2 Å². The van der Waals surface area contributed by atoms with E-state index in [2.05, 4.69) is 44.8 Å². The zero-order valence-corrected chi connectivity index (χ0v) is 14.6. The van der Waals surface area contributed by atoms with Gasteiger partial charge in [0, 0.05) is 38.3 Å². The van der Waals surface area contributed by atoms with E-state index < -0.39 is 0 Å². The van der Waals surface area contributed by atoms with Gasteiger partial charge in [-0.25, -0.2) is 4.98 Å². The SMILES string of the molecule is Cn1cccc1C1CCCCN1C(=O)CCc1nc2ccccc2[nH]1. The number of nitrogens with one attached hydrogen (secondary N) is 1. The van der Waals surface area contributed by atoms with Crippen LogP contribution in [0.15, 0.2) is 42.6 Å². The molecule has 0 aliphatic carbocycles. The van der Waals surface area contributed by atoms with Gasteiger partial charge in [-0.3, -0.25) is 4.79 Å². The second-order valence-corrected chi connectivity index (χ2v) is 6.84. The fourth-order valence-corrected chi connectivity index (χ4v) is 3.85. The number of fused-ring (bicyclic) bond motifs is 1. The van der Waals surface area contributed by atoms with Crippen molar-refractivity contribution in [3.05, 3.63) is 54.1 Å². The molecule has 0 radical (unpaired) electrons. The van der Waals surface area contributed by atoms with E-state index in [0.29, 0.717) is 12.8 Å². The Morgan fingerprint density at radius 3 is 2.92 bits per heavy atom. The van der Waals surface area contributed by atoms with E-state index in [-0.39, 0.29) is 11.9 Å². The summed E-state index contributed by atoms with van der Waals surface area (Å²) < 4.78 is 2.13. The molecule has 1 aliphatic rings. The van der Waals surface area contributed by atoms with Gasteiger partial charge in [-0.05, 0) is 43.5 Å². The number of carbonyl (C=O) groups excluding carboxylic acids is 1. The van der Waals surface area contributed by atoms with E-state index in [1.165, 1.54) is 12.1 Å². The summed E-state index contributed by atoms with van der Waals surface area (Å²) in [6, 6.07) is 12.4. The van der Waals surface area contributed by atoms with Gasteiger partial charge in [-0.2, -0.15) is 0 Å². The minimum Gasteiger partial charge on any atom is -0.353 e. The Bertz CT molecular complexity index is 846. The lowest BCUT2D eigenvalue weighted by atomic mass is 9.98. The molecular weight excluding hydrogens is 312 g/mol. The van der Waals surface area contributed by atoms with Crippen molar-refractivity contribution in [1.82, 2.24) is 19.4 Å². The summed E-state index contributed by atoms with van der Waals surface area (Å²) in [5.74, 6) is 1.12. The number of aromatic nitrogens is 3. The molecule has 0 bridgehead atoms. The molecule has 0 spiro atoms. The average molecular weight is 336 g/mol. The van der Waals surface area contributed by atoms with E-state index in [1.54, 1.807) is 0 Å². The van der Waals surface area contributed by atoms with Crippen LogP contribution in [0.25, 0.3) is 11.0 Å². The van der Waals surface area contributed by atoms with E-state index >= 15 is 0 Å². The van der Waals surface area contributed by atoms with Crippen molar-refractivity contribution in [3.8, 4) is 0 Å². The third-order valence-electron chi connectivity index (χ3n) is 5.16. The highest BCUT2D eigenvalue weighted by atomic mass is 16.2. The Morgan fingerprint density at radius 2 is 2.12 bits per heavy atom. The van der Waals surface area contributed by atoms with Crippen LogP contribution in [0.4, 0.5) is 0 Å². The smallest absolute Gasteiger partial charge is 0.223 e. The molecule has 2 aromatic heterocycles. The van der Waals surface area contributed by atoms with Crippen LogP contribution in [-0.4, -0.2) is 31.9 Å². The van der Waals surface area contributed by atoms with Crippen molar-refractivity contribution in [3.63, 3.8) is 0 Å². The first-order valence-electron chi connectivity index (χ1n) is 9.07. The molecule has 3 aromatic rings. The summed E-state index contributed by atoms with van der Waals surface area (Å²) in [5.41, 5.74) is 3.23. The van der Waals surface area contributed by atoms with Gasteiger partial charge in [0.1, 0.15) is 5.82 Å². The number of amides is 1. The summed E-state index contributed by atoms with van der Waals surface area (Å²) in [4.78, 5) is 22.8. The Morgan fingerprint density at radius 1 is 1.24 bits per heavy atom. The number of para-hydroxylation sites is 2. The fraction of sp³-hybridized carbons (Fsp3) is 0.400. The highest BCUT2D eigenvalue weighted by Crippen LogP contribution is 2.31. The van der Waals surface area contributed by atoms with Gasteiger partial charge < -0.3 is 14.5 Å². The third-order valence-corrected chi connectivity index (χ3v) is 5.16. The molecule has 1 fully saturated rings. The number of hydrogen-bond donors (Lipinski definition) is 1. The monoisotopic (exact) mass is 336 g/mol. The normalized spacial score (nSPS) is 18.0. The van der Waals surface area contributed by atoms with Crippen molar-refractivity contribution in [1.29, 1.82) is 0 Å². The van der Waals surface area contributed by atoms with Crippen molar-refractivity contribution in [2.75, 3.05) is 6.54 Å². The molecule has 5 nitrogen and oxygen atoms in total. The lowest BCUT2D eigenvalue weighted by molar-refractivity contribution is -0.135. The molecule has 1 N–H and O–H groups in total. The third kappa shape index (κ3) is 3.18. The fourth-order valence-electron chi connectivity index (χ4n) is 3.85. The zero-order valence-electron chi connectivity index (χ0n) is 14.6. The molecule has 5 heteroatoms. The predicted molar refractivity (Wildman–Crippen MR) is 98.1 cm³/mol. The predicted octanol–water partition coefficient (Wildman–Crippen LogP) is 3.59. The molecule has 1 atom stereocenters. The topological polar surface area (TPSA) is 53.9 Å². The number of benzene rings is 1. The number of aryl methyl sites for hydroxylation is 2. The Labute approximate surface area is 147 Å². The Hall–Kier alpha value is -2.56. The zero-order chi connectivity index (χ0) is 17.2. The first-order chi connectivity index (χ1) is 12.2. The van der Waals surface area contributed by atoms with E-state index in [0.717, 1.165) is 36.2 Å². The maximum atomic E-state index is 12.9. The second kappa shape index (κ2) is 6.75. The van der Waals surface area contributed by atoms with Gasteiger partial charge >= 0.3 is 0 Å². The highest BCUT2D eigenvalue weighted by Gasteiger charge is 2.29. The quantitative estimate of drug-likeness (QED) is 0.791. The van der Waals surface area contributed by atoms with Gasteiger partial charge in [0.2, 0.25) is 5.91 Å². The molecule has 0 saturated carbocycles. The molecule has 1 aliphatic heterocycles. The first-order valence-corrected chi connectivity index (χ1v) is 9.07. The van der Waals surface area contributed by atoms with Gasteiger partial charge in [0.05, 0.1) is 17.1 Å². The molecule has 1 unspecified atom stereocenters. The van der Waals surface area contributed by atoms with Crippen LogP contribution in [0.2, 0.25) is 0 Å². The molecular formula is C20H24N4O. The lowest BCUT2D eigenvalue weighted by Crippen LogP contribution is -2.39. The van der Waals surface area contributed by atoms with Crippen molar-refractivity contribution in [2.45, 2.75) is 38.1 Å². The molecule has 1 saturated heterocycles. The van der Waals surface area contributed by atoms with Crippen LogP contribution in [-0.2, 0) is 18.3 Å². The molecule has 1 aromatic carbocycles. The lowest BCUT2D eigenvalue weighted by Gasteiger charge is -2.36. The van der Waals surface area contributed by atoms with Crippen LogP contribution in [0.5, 0.6) is 0 Å². The molecule has 25 heavy (non-hydrogen) atoms. The van der Waals surface area contributed by atoms with Crippen LogP contribution in [0, 0.1) is 0 Å². The summed E-state index contributed by atoms with van der Waals surface area (Å²) >= 11 is 0.